The van der Waals surface area contributed by atoms with Gasteiger partial charge in [0.15, 0.2) is 5.69 Å². The van der Waals surface area contributed by atoms with E-state index in [0.717, 1.165) is 19.3 Å². The largest absolute Gasteiger partial charge is 0.343 e. The van der Waals surface area contributed by atoms with Crippen molar-refractivity contribution in [1.29, 1.82) is 0 Å². The molecule has 0 radical (unpaired) electrons. The topological polar surface area (TPSA) is 88.4 Å². The molecule has 1 aromatic heterocycles. The quantitative estimate of drug-likeness (QED) is 0.746. The van der Waals surface area contributed by atoms with E-state index in [1.807, 2.05) is 6.07 Å². The van der Waals surface area contributed by atoms with Gasteiger partial charge in [0.25, 0.3) is 5.91 Å². The first-order chi connectivity index (χ1) is 12.9. The Bertz CT molecular complexity index is 879. The fourth-order valence-corrected chi connectivity index (χ4v) is 5.07. The zero-order valence-corrected chi connectivity index (χ0v) is 16.5. The normalized spacial score (nSPS) is 18.4. The molecule has 1 amide bonds. The van der Waals surface area contributed by atoms with Crippen LogP contribution in [0, 0.1) is 0 Å². The lowest BCUT2D eigenvalue weighted by Crippen LogP contribution is -2.44. The van der Waals surface area contributed by atoms with Crippen molar-refractivity contribution in [3.63, 3.8) is 0 Å². The van der Waals surface area contributed by atoms with E-state index >= 15 is 0 Å². The first-order valence-corrected chi connectivity index (χ1v) is 10.5. The van der Waals surface area contributed by atoms with Crippen LogP contribution in [0.5, 0.6) is 0 Å². The number of sulfonamides is 1. The average molecular weight is 391 g/mol. The second-order valence-electron chi connectivity index (χ2n) is 6.93. The van der Waals surface area contributed by atoms with Gasteiger partial charge in [0.05, 0.1) is 11.1 Å². The number of nitrogens with zero attached hydrogens (tertiary/aromatic N) is 5. The molecule has 1 fully saturated rings. The van der Waals surface area contributed by atoms with Crippen LogP contribution in [0.15, 0.2) is 41.4 Å². The summed E-state index contributed by atoms with van der Waals surface area (Å²) in [6, 6.07) is 8.48. The van der Waals surface area contributed by atoms with Gasteiger partial charge in [0, 0.05) is 33.2 Å². The molecule has 1 atom stereocenters. The fourth-order valence-electron chi connectivity index (χ4n) is 3.32. The predicted molar refractivity (Wildman–Crippen MR) is 101 cm³/mol. The lowest BCUT2D eigenvalue weighted by molar-refractivity contribution is 0.0822. The first kappa shape index (κ1) is 19.5. The summed E-state index contributed by atoms with van der Waals surface area (Å²) < 4.78 is 29.3. The zero-order valence-electron chi connectivity index (χ0n) is 15.7. The summed E-state index contributed by atoms with van der Waals surface area (Å²) in [4.78, 5) is 13.7. The lowest BCUT2D eigenvalue weighted by atomic mass is 10.0. The average Bonchev–Trinajstić information content (AvgIpc) is 3.15. The van der Waals surface area contributed by atoms with Gasteiger partial charge in [-0.05, 0) is 31.4 Å². The van der Waals surface area contributed by atoms with Crippen LogP contribution in [0.25, 0.3) is 0 Å². The molecule has 1 aliphatic heterocycles. The first-order valence-electron chi connectivity index (χ1n) is 9.08. The number of aromatic nitrogens is 3. The summed E-state index contributed by atoms with van der Waals surface area (Å²) in [6.07, 6.45) is 4.94. The monoisotopic (exact) mass is 391 g/mol. The number of amides is 1. The molecule has 3 rings (SSSR count). The second-order valence-corrected chi connectivity index (χ2v) is 8.82. The van der Waals surface area contributed by atoms with Gasteiger partial charge in [-0.15, -0.1) is 5.10 Å². The van der Waals surface area contributed by atoms with Gasteiger partial charge in [0.2, 0.25) is 10.0 Å². The highest BCUT2D eigenvalue weighted by Gasteiger charge is 2.33. The van der Waals surface area contributed by atoms with Crippen molar-refractivity contribution < 1.29 is 13.2 Å². The minimum absolute atomic E-state index is 0.0823. The van der Waals surface area contributed by atoms with Crippen molar-refractivity contribution in [2.24, 2.45) is 0 Å². The number of aryl methyl sites for hydroxylation is 1. The molecule has 146 valence electrons. The highest BCUT2D eigenvalue weighted by atomic mass is 32.2. The molecule has 1 aromatic carbocycles. The summed E-state index contributed by atoms with van der Waals surface area (Å²) in [7, 11) is -0.183. The Morgan fingerprint density at radius 3 is 2.67 bits per heavy atom. The molecule has 1 saturated heterocycles. The molecule has 1 aliphatic rings. The highest BCUT2D eigenvalue weighted by molar-refractivity contribution is 7.89. The van der Waals surface area contributed by atoms with Gasteiger partial charge in [-0.2, -0.15) is 4.31 Å². The van der Waals surface area contributed by atoms with E-state index in [-0.39, 0.29) is 17.6 Å². The van der Waals surface area contributed by atoms with Crippen molar-refractivity contribution in [3.05, 3.63) is 42.2 Å². The van der Waals surface area contributed by atoms with Crippen molar-refractivity contribution in [1.82, 2.24) is 24.2 Å². The minimum atomic E-state index is -3.51. The number of benzene rings is 1. The Labute approximate surface area is 159 Å². The van der Waals surface area contributed by atoms with Crippen LogP contribution in [-0.2, 0) is 16.6 Å². The van der Waals surface area contributed by atoms with E-state index in [4.69, 9.17) is 0 Å². The van der Waals surface area contributed by atoms with E-state index in [0.29, 0.717) is 24.4 Å². The van der Waals surface area contributed by atoms with Crippen LogP contribution in [-0.4, -0.2) is 65.2 Å². The molecule has 0 bridgehead atoms. The maximum Gasteiger partial charge on any atom is 0.275 e. The van der Waals surface area contributed by atoms with E-state index in [9.17, 15) is 13.2 Å². The SMILES string of the molecule is CN(C)C(=O)c1cn(CCC2CCCCN2S(=O)(=O)c2ccccc2)nn1. The Hall–Kier alpha value is -2.26. The maximum atomic E-state index is 13.0. The molecule has 0 aliphatic carbocycles. The smallest absolute Gasteiger partial charge is 0.275 e. The number of hydrogen-bond acceptors (Lipinski definition) is 5. The third-order valence-electron chi connectivity index (χ3n) is 4.78. The van der Waals surface area contributed by atoms with Gasteiger partial charge in [-0.3, -0.25) is 9.48 Å². The Kier molecular flexibility index (Phi) is 5.91. The predicted octanol–water partition coefficient (Wildman–Crippen LogP) is 1.61. The van der Waals surface area contributed by atoms with Gasteiger partial charge < -0.3 is 4.90 Å². The second kappa shape index (κ2) is 8.18. The van der Waals surface area contributed by atoms with Gasteiger partial charge >= 0.3 is 0 Å². The van der Waals surface area contributed by atoms with E-state index < -0.39 is 10.0 Å². The fraction of sp³-hybridized carbons (Fsp3) is 0.500. The third-order valence-corrected chi connectivity index (χ3v) is 6.74. The Morgan fingerprint density at radius 1 is 1.22 bits per heavy atom. The summed E-state index contributed by atoms with van der Waals surface area (Å²) in [5.41, 5.74) is 0.289. The third kappa shape index (κ3) is 4.36. The summed E-state index contributed by atoms with van der Waals surface area (Å²) in [6.45, 7) is 1.04. The van der Waals surface area contributed by atoms with Gasteiger partial charge in [-0.1, -0.05) is 29.8 Å². The number of piperidine rings is 1. The summed E-state index contributed by atoms with van der Waals surface area (Å²) in [5.74, 6) is -0.202. The standard InChI is InChI=1S/C18H25N5O3S/c1-21(2)18(24)17-14-22(20-19-17)13-11-15-8-6-7-12-23(15)27(25,26)16-9-4-3-5-10-16/h3-5,9-10,14-15H,6-8,11-13H2,1-2H3. The highest BCUT2D eigenvalue weighted by Crippen LogP contribution is 2.27. The van der Waals surface area contributed by atoms with Crippen molar-refractivity contribution in [2.75, 3.05) is 20.6 Å². The molecule has 9 heteroatoms. The molecule has 2 aromatic rings. The molecule has 1 unspecified atom stereocenters. The van der Waals surface area contributed by atoms with E-state index in [1.165, 1.54) is 4.90 Å². The van der Waals surface area contributed by atoms with Crippen molar-refractivity contribution in [2.45, 2.75) is 43.2 Å². The van der Waals surface area contributed by atoms with Gasteiger partial charge in [-0.25, -0.2) is 8.42 Å². The van der Waals surface area contributed by atoms with E-state index in [1.54, 1.807) is 53.5 Å². The molecule has 0 spiro atoms. The number of hydrogen-bond donors (Lipinski definition) is 0. The van der Waals surface area contributed by atoms with Crippen LogP contribution < -0.4 is 0 Å². The Morgan fingerprint density at radius 2 is 1.96 bits per heavy atom. The number of rotatable bonds is 6. The summed E-state index contributed by atoms with van der Waals surface area (Å²) >= 11 is 0. The van der Waals surface area contributed by atoms with Crippen LogP contribution in [0.2, 0.25) is 0 Å². The zero-order chi connectivity index (χ0) is 19.4. The van der Waals surface area contributed by atoms with Crippen LogP contribution in [0.1, 0.15) is 36.2 Å². The molecular formula is C18H25N5O3S. The maximum absolute atomic E-state index is 13.0. The molecule has 0 N–H and O–H groups in total. The minimum Gasteiger partial charge on any atom is -0.343 e. The summed E-state index contributed by atoms with van der Waals surface area (Å²) in [5, 5.41) is 7.91. The molecular weight excluding hydrogens is 366 g/mol. The van der Waals surface area contributed by atoms with Crippen molar-refractivity contribution >= 4 is 15.9 Å². The van der Waals surface area contributed by atoms with Crippen LogP contribution >= 0.6 is 0 Å². The van der Waals surface area contributed by atoms with Crippen molar-refractivity contribution in [3.8, 4) is 0 Å². The molecule has 2 heterocycles. The van der Waals surface area contributed by atoms with Gasteiger partial charge in [0.1, 0.15) is 0 Å². The molecule has 0 saturated carbocycles. The lowest BCUT2D eigenvalue weighted by Gasteiger charge is -2.34. The Balaban J connectivity index is 1.71. The molecule has 8 nitrogen and oxygen atoms in total. The van der Waals surface area contributed by atoms with Crippen LogP contribution in [0.3, 0.4) is 0 Å². The van der Waals surface area contributed by atoms with E-state index in [2.05, 4.69) is 10.3 Å². The van der Waals surface area contributed by atoms with Crippen LogP contribution in [0.4, 0.5) is 0 Å². The number of carbonyl (C=O) groups excluding carboxylic acids is 1. The molecule has 27 heavy (non-hydrogen) atoms. The number of carbonyl (C=O) groups is 1.